The third-order valence-electron chi connectivity index (χ3n) is 4.75. The maximum absolute atomic E-state index is 13.4. The summed E-state index contributed by atoms with van der Waals surface area (Å²) >= 11 is 5.56. The van der Waals surface area contributed by atoms with E-state index in [1.807, 2.05) is 18.2 Å². The zero-order valence-corrected chi connectivity index (χ0v) is 18.8. The summed E-state index contributed by atoms with van der Waals surface area (Å²) in [4.78, 5) is 0.202. The molecule has 7 heteroatoms. The van der Waals surface area contributed by atoms with Crippen molar-refractivity contribution in [2.24, 2.45) is 0 Å². The molecule has 2 aromatic carbocycles. The Morgan fingerprint density at radius 3 is 2.09 bits per heavy atom. The van der Waals surface area contributed by atoms with Crippen LogP contribution in [0.1, 0.15) is 31.9 Å². The molecule has 1 N–H and O–H groups in total. The van der Waals surface area contributed by atoms with Crippen molar-refractivity contribution < 1.29 is 23.2 Å². The molecule has 3 aromatic rings. The molecule has 0 unspecified atom stereocenters. The first-order valence-corrected chi connectivity index (χ1v) is 10.4. The summed E-state index contributed by atoms with van der Waals surface area (Å²) in [5, 5.41) is 16.4. The number of aromatic nitrogens is 1. The number of halogens is 2. The highest BCUT2D eigenvalue weighted by molar-refractivity contribution is 7.81. The quantitative estimate of drug-likeness (QED) is 0.247. The van der Waals surface area contributed by atoms with Crippen molar-refractivity contribution in [3.05, 3.63) is 90.3 Å². The second-order valence-corrected chi connectivity index (χ2v) is 8.55. The smallest absolute Gasteiger partial charge is 0.387 e. The second kappa shape index (κ2) is 9.87. The van der Waals surface area contributed by atoms with E-state index in [0.29, 0.717) is 11.3 Å². The van der Waals surface area contributed by atoms with Gasteiger partial charge in [0.25, 0.3) is 0 Å². The van der Waals surface area contributed by atoms with Crippen LogP contribution in [-0.2, 0) is 5.41 Å². The molecule has 0 aliphatic carbocycles. The lowest BCUT2D eigenvalue weighted by Crippen LogP contribution is -2.39. The summed E-state index contributed by atoms with van der Waals surface area (Å²) in [6.45, 7) is 3.43. The minimum atomic E-state index is -2.90. The molecule has 4 nitrogen and oxygen atoms in total. The molecular formula is C25H24F2N2O2S. The zero-order valence-electron chi connectivity index (χ0n) is 18.0. The van der Waals surface area contributed by atoms with Crippen LogP contribution in [0.3, 0.4) is 0 Å². The average molecular weight is 455 g/mol. The Kier molecular flexibility index (Phi) is 7.20. The van der Waals surface area contributed by atoms with Crippen molar-refractivity contribution in [1.82, 2.24) is 0 Å². The van der Waals surface area contributed by atoms with Gasteiger partial charge in [-0.25, -0.2) is 0 Å². The van der Waals surface area contributed by atoms with Crippen molar-refractivity contribution in [1.29, 1.82) is 0 Å². The number of anilines is 1. The Balaban J connectivity index is 1.95. The van der Waals surface area contributed by atoms with Gasteiger partial charge in [-0.05, 0) is 46.6 Å². The van der Waals surface area contributed by atoms with Crippen LogP contribution in [0.4, 0.5) is 14.5 Å². The van der Waals surface area contributed by atoms with E-state index in [1.54, 1.807) is 53.4 Å². The van der Waals surface area contributed by atoms with Gasteiger partial charge in [0.05, 0.1) is 0 Å². The van der Waals surface area contributed by atoms with Crippen molar-refractivity contribution in [3.63, 3.8) is 0 Å². The highest BCUT2D eigenvalue weighted by atomic mass is 32.1. The van der Waals surface area contributed by atoms with Crippen LogP contribution >= 0.6 is 12.2 Å². The van der Waals surface area contributed by atoms with E-state index in [9.17, 15) is 13.9 Å². The van der Waals surface area contributed by atoms with E-state index in [4.69, 9.17) is 12.2 Å². The fourth-order valence-corrected chi connectivity index (χ4v) is 3.37. The fourth-order valence-electron chi connectivity index (χ4n) is 3.05. The highest BCUT2D eigenvalue weighted by Gasteiger charge is 2.19. The zero-order chi connectivity index (χ0) is 23.3. The Morgan fingerprint density at radius 2 is 1.56 bits per heavy atom. The molecule has 3 rings (SSSR count). The molecule has 0 saturated carbocycles. The number of rotatable bonds is 6. The monoisotopic (exact) mass is 454 g/mol. The summed E-state index contributed by atoms with van der Waals surface area (Å²) in [5.41, 5.74) is 2.42. The topological polar surface area (TPSA) is 48.2 Å². The average Bonchev–Trinajstić information content (AvgIpc) is 2.75. The van der Waals surface area contributed by atoms with E-state index in [1.165, 1.54) is 12.1 Å². The summed E-state index contributed by atoms with van der Waals surface area (Å²) in [6.07, 6.45) is 3.48. The maximum atomic E-state index is 13.4. The maximum Gasteiger partial charge on any atom is 0.387 e. The lowest BCUT2D eigenvalue weighted by molar-refractivity contribution is -0.577. The van der Waals surface area contributed by atoms with Gasteiger partial charge in [-0.3, -0.25) is 0 Å². The van der Waals surface area contributed by atoms with Gasteiger partial charge in [-0.1, -0.05) is 63.3 Å². The molecule has 0 radical (unpaired) electrons. The Labute approximate surface area is 191 Å². The Morgan fingerprint density at radius 1 is 0.969 bits per heavy atom. The van der Waals surface area contributed by atoms with Crippen LogP contribution in [-0.4, -0.2) is 11.6 Å². The largest absolute Gasteiger partial charge is 0.867 e. The summed E-state index contributed by atoms with van der Waals surface area (Å²) < 4.78 is 30.7. The van der Waals surface area contributed by atoms with Crippen LogP contribution in [0, 0.1) is 0 Å². The van der Waals surface area contributed by atoms with Gasteiger partial charge in [-0.2, -0.15) is 13.3 Å². The predicted molar refractivity (Wildman–Crippen MR) is 124 cm³/mol. The van der Waals surface area contributed by atoms with Gasteiger partial charge in [0.15, 0.2) is 17.4 Å². The van der Waals surface area contributed by atoms with Crippen molar-refractivity contribution in [3.8, 4) is 5.75 Å². The molecule has 0 atom stereocenters. The lowest BCUT2D eigenvalue weighted by Gasteiger charge is -2.21. The molecule has 0 amide bonds. The van der Waals surface area contributed by atoms with Crippen LogP contribution < -0.4 is 19.7 Å². The first-order chi connectivity index (χ1) is 15.1. The molecule has 1 heterocycles. The molecule has 1 aromatic heterocycles. The van der Waals surface area contributed by atoms with Gasteiger partial charge >= 0.3 is 6.61 Å². The van der Waals surface area contributed by atoms with E-state index in [0.717, 1.165) is 5.56 Å². The van der Waals surface area contributed by atoms with Crippen LogP contribution in [0.5, 0.6) is 5.75 Å². The Bertz CT molecular complexity index is 1090. The predicted octanol–water partition coefficient (Wildman–Crippen LogP) is 5.00. The van der Waals surface area contributed by atoms with Gasteiger partial charge in [0, 0.05) is 17.8 Å². The highest BCUT2D eigenvalue weighted by Crippen LogP contribution is 2.25. The molecule has 0 aliphatic heterocycles. The van der Waals surface area contributed by atoms with Gasteiger partial charge in [0.1, 0.15) is 5.75 Å². The molecule has 0 spiro atoms. The number of hydrogen-bond donors (Lipinski definition) is 1. The number of alkyl halides is 2. The Hall–Kier alpha value is -3.32. The number of nitrogens with zero attached hydrogens (tertiary/aromatic N) is 1. The minimum absolute atomic E-state index is 0.0284. The van der Waals surface area contributed by atoms with E-state index in [-0.39, 0.29) is 27.6 Å². The number of pyridine rings is 1. The first-order valence-electron chi connectivity index (χ1n) is 10.0. The van der Waals surface area contributed by atoms with Crippen molar-refractivity contribution in [2.45, 2.75) is 32.8 Å². The van der Waals surface area contributed by atoms with Crippen LogP contribution in [0.2, 0.25) is 0 Å². The number of nitrogens with one attached hydrogen (secondary N) is 1. The van der Waals surface area contributed by atoms with E-state index >= 15 is 0 Å². The molecule has 0 fully saturated rings. The second-order valence-electron chi connectivity index (χ2n) is 8.14. The SMILES string of the molecule is CC(C)(C)c1ccc(C([O-])=C(C(=S)Nc2ccc(OC(F)F)cc2)[n+]2ccccc2)cc1. The summed E-state index contributed by atoms with van der Waals surface area (Å²) in [7, 11) is 0. The number of thiocarbonyl (C=S) groups is 1. The van der Waals surface area contributed by atoms with Gasteiger partial charge in [-0.15, -0.1) is 0 Å². The van der Waals surface area contributed by atoms with Gasteiger partial charge < -0.3 is 15.2 Å². The van der Waals surface area contributed by atoms with Crippen LogP contribution in [0.25, 0.3) is 11.5 Å². The van der Waals surface area contributed by atoms with E-state index in [2.05, 4.69) is 30.8 Å². The molecule has 0 bridgehead atoms. The van der Waals surface area contributed by atoms with Crippen molar-refractivity contribution in [2.75, 3.05) is 5.32 Å². The number of benzene rings is 2. The molecule has 166 valence electrons. The standard InChI is InChI=1S/C25H24F2N2O2S/c1-25(2,3)18-9-7-17(8-10-18)22(30)21(29-15-5-4-6-16-29)23(32)28-19-11-13-20(14-12-19)31-24(26)27/h4-16,24H,1-3H3,(H-,28,30,32). The third-order valence-corrected chi connectivity index (χ3v) is 5.05. The normalized spacial score (nSPS) is 12.3. The number of hydrogen-bond acceptors (Lipinski definition) is 3. The van der Waals surface area contributed by atoms with E-state index < -0.39 is 6.61 Å². The third kappa shape index (κ3) is 5.88. The van der Waals surface area contributed by atoms with Crippen LogP contribution in [0.15, 0.2) is 79.1 Å². The van der Waals surface area contributed by atoms with Gasteiger partial charge in [0.2, 0.25) is 5.70 Å². The molecule has 0 saturated heterocycles. The van der Waals surface area contributed by atoms with Crippen molar-refractivity contribution >= 4 is 34.3 Å². The number of ether oxygens (including phenoxy) is 1. The molecule has 0 aliphatic rings. The molecular weight excluding hydrogens is 430 g/mol. The lowest BCUT2D eigenvalue weighted by atomic mass is 9.86. The first kappa shape index (κ1) is 23.3. The minimum Gasteiger partial charge on any atom is -0.867 e. The fraction of sp³-hybridized carbons (Fsp3) is 0.200. The molecule has 32 heavy (non-hydrogen) atoms. The summed E-state index contributed by atoms with van der Waals surface area (Å²) in [6, 6.07) is 18.8. The summed E-state index contributed by atoms with van der Waals surface area (Å²) in [5.74, 6) is -0.204.